The van der Waals surface area contributed by atoms with Crippen LogP contribution in [0.3, 0.4) is 0 Å². The Morgan fingerprint density at radius 2 is 1.88 bits per heavy atom. The third-order valence-electron chi connectivity index (χ3n) is 1.50. The number of hydrogen-bond acceptors (Lipinski definition) is 4. The van der Waals surface area contributed by atoms with Gasteiger partial charge in [0.15, 0.2) is 6.61 Å². The predicted molar refractivity (Wildman–Crippen MR) is 57.9 cm³/mol. The minimum absolute atomic E-state index is 0.234. The molecule has 8 heteroatoms. The third-order valence-corrected chi connectivity index (χ3v) is 2.02. The Hall–Kier alpha value is -1.80. The highest BCUT2D eigenvalue weighted by atomic mass is 32.2. The summed E-state index contributed by atoms with van der Waals surface area (Å²) in [4.78, 5) is 10.4. The second-order valence-corrected chi connectivity index (χ2v) is 4.22. The normalized spacial score (nSPS) is 10.8. The van der Waals surface area contributed by atoms with Gasteiger partial charge in [-0.3, -0.25) is 9.52 Å². The van der Waals surface area contributed by atoms with E-state index in [1.807, 2.05) is 0 Å². The van der Waals surface area contributed by atoms with E-state index < -0.39 is 16.1 Å². The van der Waals surface area contributed by atoms with Gasteiger partial charge in [-0.25, -0.2) is 5.14 Å². The fourth-order valence-corrected chi connectivity index (χ4v) is 1.40. The van der Waals surface area contributed by atoms with E-state index in [2.05, 4.69) is 4.72 Å². The van der Waals surface area contributed by atoms with Gasteiger partial charge in [0.1, 0.15) is 5.75 Å². The summed E-state index contributed by atoms with van der Waals surface area (Å²) < 4.78 is 28.4. The lowest BCUT2D eigenvalue weighted by atomic mass is 10.3. The van der Waals surface area contributed by atoms with E-state index in [9.17, 15) is 13.2 Å². The average Bonchev–Trinajstić information content (AvgIpc) is 2.14. The van der Waals surface area contributed by atoms with Gasteiger partial charge in [-0.05, 0) is 24.3 Å². The molecule has 0 spiro atoms. The SMILES string of the molecule is NC(=O)COc1ccc(NS(N)(=O)=O)cc1. The van der Waals surface area contributed by atoms with Crippen LogP contribution in [0.5, 0.6) is 5.75 Å². The maximum atomic E-state index is 10.7. The quantitative estimate of drug-likeness (QED) is 0.625. The lowest BCUT2D eigenvalue weighted by Gasteiger charge is -2.06. The number of hydrogen-bond donors (Lipinski definition) is 3. The van der Waals surface area contributed by atoms with Crippen molar-refractivity contribution in [1.29, 1.82) is 0 Å². The maximum absolute atomic E-state index is 10.7. The molecule has 0 unspecified atom stereocenters. The molecule has 0 atom stereocenters. The van der Waals surface area contributed by atoms with Crippen molar-refractivity contribution < 1.29 is 17.9 Å². The summed E-state index contributed by atoms with van der Waals surface area (Å²) in [6.07, 6.45) is 0. The third kappa shape index (κ3) is 4.62. The average molecular weight is 245 g/mol. The largest absolute Gasteiger partial charge is 0.484 e. The van der Waals surface area contributed by atoms with Gasteiger partial charge in [0, 0.05) is 5.69 Å². The fraction of sp³-hybridized carbons (Fsp3) is 0.125. The van der Waals surface area contributed by atoms with E-state index in [0.717, 1.165) is 0 Å². The molecular weight excluding hydrogens is 234 g/mol. The van der Waals surface area contributed by atoms with Crippen molar-refractivity contribution in [3.8, 4) is 5.75 Å². The van der Waals surface area contributed by atoms with E-state index in [4.69, 9.17) is 15.6 Å². The van der Waals surface area contributed by atoms with Crippen LogP contribution in [0.4, 0.5) is 5.69 Å². The molecule has 5 N–H and O–H groups in total. The van der Waals surface area contributed by atoms with E-state index in [1.165, 1.54) is 24.3 Å². The second kappa shape index (κ2) is 4.81. The predicted octanol–water partition coefficient (Wildman–Crippen LogP) is -0.834. The molecule has 0 saturated carbocycles. The second-order valence-electron chi connectivity index (χ2n) is 2.93. The summed E-state index contributed by atoms with van der Waals surface area (Å²) in [5.74, 6) is -0.189. The molecule has 0 radical (unpaired) electrons. The minimum atomic E-state index is -3.78. The van der Waals surface area contributed by atoms with Crippen LogP contribution in [0.25, 0.3) is 0 Å². The Balaban J connectivity index is 2.64. The minimum Gasteiger partial charge on any atom is -0.484 e. The van der Waals surface area contributed by atoms with Crippen LogP contribution in [0.1, 0.15) is 0 Å². The standard InChI is InChI=1S/C8H11N3O4S/c9-8(12)5-15-7-3-1-6(2-4-7)11-16(10,13)14/h1-4,11H,5H2,(H2,9,12)(H2,10,13,14). The molecule has 0 saturated heterocycles. The van der Waals surface area contributed by atoms with Crippen molar-refractivity contribution >= 4 is 21.8 Å². The Kier molecular flexibility index (Phi) is 3.69. The summed E-state index contributed by atoms with van der Waals surface area (Å²) >= 11 is 0. The van der Waals surface area contributed by atoms with Crippen molar-refractivity contribution in [1.82, 2.24) is 0 Å². The summed E-state index contributed by atoms with van der Waals surface area (Å²) in [5.41, 5.74) is 5.18. The molecular formula is C8H11N3O4S. The van der Waals surface area contributed by atoms with Gasteiger partial charge >= 0.3 is 0 Å². The van der Waals surface area contributed by atoms with Crippen molar-refractivity contribution in [3.05, 3.63) is 24.3 Å². The Labute approximate surface area is 92.6 Å². The van der Waals surface area contributed by atoms with E-state index in [1.54, 1.807) is 0 Å². The van der Waals surface area contributed by atoms with Crippen LogP contribution < -0.4 is 20.3 Å². The summed E-state index contributed by atoms with van der Waals surface area (Å²) in [7, 11) is -3.78. The summed E-state index contributed by atoms with van der Waals surface area (Å²) in [6, 6.07) is 5.86. The summed E-state index contributed by atoms with van der Waals surface area (Å²) in [6.45, 7) is -0.234. The van der Waals surface area contributed by atoms with E-state index in [-0.39, 0.29) is 6.61 Å². The Bertz CT molecular complexity index is 469. The van der Waals surface area contributed by atoms with Gasteiger partial charge in [-0.15, -0.1) is 0 Å². The number of carbonyl (C=O) groups is 1. The molecule has 0 aliphatic heterocycles. The fourth-order valence-electron chi connectivity index (χ4n) is 0.938. The number of ether oxygens (including phenoxy) is 1. The number of rotatable bonds is 5. The van der Waals surface area contributed by atoms with Gasteiger partial charge in [0.2, 0.25) is 0 Å². The first-order valence-corrected chi connectivity index (χ1v) is 5.73. The number of primary amides is 1. The molecule has 1 aromatic rings. The van der Waals surface area contributed by atoms with Crippen molar-refractivity contribution in [2.24, 2.45) is 10.9 Å². The lowest BCUT2D eigenvalue weighted by molar-refractivity contribution is -0.119. The molecule has 0 aliphatic rings. The number of amides is 1. The van der Waals surface area contributed by atoms with Crippen LogP contribution >= 0.6 is 0 Å². The highest BCUT2D eigenvalue weighted by Gasteiger charge is 2.02. The topological polar surface area (TPSA) is 125 Å². The molecule has 16 heavy (non-hydrogen) atoms. The number of nitrogens with two attached hydrogens (primary N) is 2. The first-order valence-electron chi connectivity index (χ1n) is 4.18. The molecule has 0 aliphatic carbocycles. The van der Waals surface area contributed by atoms with Gasteiger partial charge in [-0.2, -0.15) is 8.42 Å². The lowest BCUT2D eigenvalue weighted by Crippen LogP contribution is -2.21. The van der Waals surface area contributed by atoms with Gasteiger partial charge in [-0.1, -0.05) is 0 Å². The Morgan fingerprint density at radius 3 is 2.31 bits per heavy atom. The van der Waals surface area contributed by atoms with E-state index in [0.29, 0.717) is 11.4 Å². The monoisotopic (exact) mass is 245 g/mol. The molecule has 88 valence electrons. The molecule has 0 bridgehead atoms. The summed E-state index contributed by atoms with van der Waals surface area (Å²) in [5, 5.41) is 4.77. The molecule has 0 heterocycles. The van der Waals surface area contributed by atoms with Gasteiger partial charge in [0.25, 0.3) is 16.1 Å². The molecule has 1 aromatic carbocycles. The molecule has 0 fully saturated rings. The smallest absolute Gasteiger partial charge is 0.296 e. The molecule has 7 nitrogen and oxygen atoms in total. The molecule has 1 rings (SSSR count). The van der Waals surface area contributed by atoms with E-state index >= 15 is 0 Å². The first-order chi connectivity index (χ1) is 7.37. The first kappa shape index (κ1) is 12.3. The number of benzene rings is 1. The van der Waals surface area contributed by atoms with Crippen LogP contribution in [0, 0.1) is 0 Å². The van der Waals surface area contributed by atoms with Gasteiger partial charge in [0.05, 0.1) is 0 Å². The van der Waals surface area contributed by atoms with Gasteiger partial charge < -0.3 is 10.5 Å². The number of anilines is 1. The Morgan fingerprint density at radius 1 is 1.31 bits per heavy atom. The van der Waals surface area contributed by atoms with Crippen LogP contribution in [-0.4, -0.2) is 20.9 Å². The van der Waals surface area contributed by atoms with Crippen LogP contribution in [0.2, 0.25) is 0 Å². The molecule has 0 aromatic heterocycles. The highest BCUT2D eigenvalue weighted by Crippen LogP contribution is 2.15. The zero-order valence-corrected chi connectivity index (χ0v) is 9.03. The van der Waals surface area contributed by atoms with Crippen LogP contribution in [0.15, 0.2) is 24.3 Å². The van der Waals surface area contributed by atoms with Crippen molar-refractivity contribution in [2.45, 2.75) is 0 Å². The van der Waals surface area contributed by atoms with Crippen LogP contribution in [-0.2, 0) is 15.0 Å². The number of nitrogens with one attached hydrogen (secondary N) is 1. The highest BCUT2D eigenvalue weighted by molar-refractivity contribution is 7.90. The number of carbonyl (C=O) groups excluding carboxylic acids is 1. The van der Waals surface area contributed by atoms with Crippen molar-refractivity contribution in [2.75, 3.05) is 11.3 Å². The van der Waals surface area contributed by atoms with Crippen molar-refractivity contribution in [3.63, 3.8) is 0 Å². The zero-order valence-electron chi connectivity index (χ0n) is 8.21. The zero-order chi connectivity index (χ0) is 12.2. The maximum Gasteiger partial charge on any atom is 0.296 e. The molecule has 1 amide bonds.